The normalized spacial score (nSPS) is 11.3. The number of hydrogen-bond acceptors (Lipinski definition) is 3. The molecule has 1 rings (SSSR count). The van der Waals surface area contributed by atoms with E-state index in [2.05, 4.69) is 0 Å². The van der Waals surface area contributed by atoms with Gasteiger partial charge in [-0.2, -0.15) is 0 Å². The van der Waals surface area contributed by atoms with Crippen LogP contribution in [0.25, 0.3) is 0 Å². The highest BCUT2D eigenvalue weighted by atomic mass is 16.5. The summed E-state index contributed by atoms with van der Waals surface area (Å²) >= 11 is 0. The Labute approximate surface area is 108 Å². The van der Waals surface area contributed by atoms with Crippen LogP contribution in [0.4, 0.5) is 0 Å². The molecular weight excluding hydrogens is 232 g/mol. The molecule has 0 heterocycles. The van der Waals surface area contributed by atoms with Gasteiger partial charge in [0.15, 0.2) is 0 Å². The van der Waals surface area contributed by atoms with Crippen molar-refractivity contribution >= 4 is 5.97 Å². The first-order valence-electron chi connectivity index (χ1n) is 5.79. The molecule has 4 nitrogen and oxygen atoms in total. The summed E-state index contributed by atoms with van der Waals surface area (Å²) < 4.78 is 10.4. The molecule has 1 N–H and O–H groups in total. The Bertz CT molecular complexity index is 424. The molecule has 0 spiro atoms. The number of aliphatic carboxylic acids is 1. The van der Waals surface area contributed by atoms with E-state index >= 15 is 0 Å². The summed E-state index contributed by atoms with van der Waals surface area (Å²) in [6.45, 7) is 3.90. The van der Waals surface area contributed by atoms with Gasteiger partial charge in [-0.25, -0.2) is 0 Å². The van der Waals surface area contributed by atoms with E-state index in [9.17, 15) is 4.79 Å². The van der Waals surface area contributed by atoms with Gasteiger partial charge in [-0.05, 0) is 31.9 Å². The maximum atomic E-state index is 11.1. The van der Waals surface area contributed by atoms with E-state index in [1.165, 1.54) is 0 Å². The molecule has 0 aliphatic rings. The molecular formula is C14H20O4. The third kappa shape index (κ3) is 3.47. The van der Waals surface area contributed by atoms with Crippen LogP contribution in [-0.4, -0.2) is 25.3 Å². The first kappa shape index (κ1) is 14.5. The van der Waals surface area contributed by atoms with E-state index in [4.69, 9.17) is 14.6 Å². The Kier molecular flexibility index (Phi) is 4.73. The maximum Gasteiger partial charge on any atom is 0.309 e. The standard InChI is InChI=1S/C14H20O4/c1-14(2,13(15)16)8-10-5-6-11(9-17-3)12(7-10)18-4/h5-7H,8-9H2,1-4H3,(H,15,16). The number of carbonyl (C=O) groups is 1. The quantitative estimate of drug-likeness (QED) is 0.845. The van der Waals surface area contributed by atoms with Gasteiger partial charge in [0.1, 0.15) is 5.75 Å². The van der Waals surface area contributed by atoms with Gasteiger partial charge in [0, 0.05) is 12.7 Å². The van der Waals surface area contributed by atoms with Crippen LogP contribution in [0.2, 0.25) is 0 Å². The summed E-state index contributed by atoms with van der Waals surface area (Å²) in [5.74, 6) is -0.0713. The zero-order valence-corrected chi connectivity index (χ0v) is 11.3. The van der Waals surface area contributed by atoms with Crippen molar-refractivity contribution in [2.24, 2.45) is 5.41 Å². The molecule has 0 aromatic heterocycles. The SMILES string of the molecule is COCc1ccc(CC(C)(C)C(=O)O)cc1OC. The second-order valence-electron chi connectivity index (χ2n) is 4.95. The van der Waals surface area contributed by atoms with E-state index in [1.54, 1.807) is 28.1 Å². The molecule has 0 bridgehead atoms. The van der Waals surface area contributed by atoms with Crippen LogP contribution < -0.4 is 4.74 Å². The van der Waals surface area contributed by atoms with Gasteiger partial charge >= 0.3 is 5.97 Å². The first-order valence-corrected chi connectivity index (χ1v) is 5.79. The van der Waals surface area contributed by atoms with Crippen LogP contribution >= 0.6 is 0 Å². The molecule has 4 heteroatoms. The zero-order valence-electron chi connectivity index (χ0n) is 11.3. The Balaban J connectivity index is 2.95. The van der Waals surface area contributed by atoms with Crippen LogP contribution in [0.1, 0.15) is 25.0 Å². The second kappa shape index (κ2) is 5.87. The molecule has 100 valence electrons. The predicted molar refractivity (Wildman–Crippen MR) is 68.8 cm³/mol. The molecule has 1 aromatic rings. The van der Waals surface area contributed by atoms with Crippen LogP contribution in [0.3, 0.4) is 0 Å². The number of benzene rings is 1. The van der Waals surface area contributed by atoms with Crippen molar-refractivity contribution in [2.45, 2.75) is 26.9 Å². The number of carboxylic acids is 1. The minimum Gasteiger partial charge on any atom is -0.496 e. The summed E-state index contributed by atoms with van der Waals surface area (Å²) in [6, 6.07) is 5.70. The summed E-state index contributed by atoms with van der Waals surface area (Å²) in [5.41, 5.74) is 1.12. The Morgan fingerprint density at radius 1 is 1.33 bits per heavy atom. The van der Waals surface area contributed by atoms with E-state index in [-0.39, 0.29) is 0 Å². The third-order valence-corrected chi connectivity index (χ3v) is 2.88. The number of carboxylic acid groups (broad SMARTS) is 1. The molecule has 0 saturated heterocycles. The third-order valence-electron chi connectivity index (χ3n) is 2.88. The molecule has 0 atom stereocenters. The van der Waals surface area contributed by atoms with E-state index in [0.717, 1.165) is 16.9 Å². The number of ether oxygens (including phenoxy) is 2. The smallest absolute Gasteiger partial charge is 0.309 e. The summed E-state index contributed by atoms with van der Waals surface area (Å²) in [6.07, 6.45) is 0.464. The molecule has 1 aromatic carbocycles. The van der Waals surface area contributed by atoms with E-state index < -0.39 is 11.4 Å². The van der Waals surface area contributed by atoms with E-state index in [1.807, 2.05) is 18.2 Å². The molecule has 0 unspecified atom stereocenters. The average Bonchev–Trinajstić information content (AvgIpc) is 2.30. The predicted octanol–water partition coefficient (Wildman–Crippen LogP) is 2.49. The summed E-state index contributed by atoms with van der Waals surface area (Å²) in [4.78, 5) is 11.1. The van der Waals surface area contributed by atoms with Crippen LogP contribution in [0, 0.1) is 5.41 Å². The van der Waals surface area contributed by atoms with Gasteiger partial charge < -0.3 is 14.6 Å². The maximum absolute atomic E-state index is 11.1. The van der Waals surface area contributed by atoms with Crippen LogP contribution in [0.5, 0.6) is 5.75 Å². The fraction of sp³-hybridized carbons (Fsp3) is 0.500. The van der Waals surface area contributed by atoms with E-state index in [0.29, 0.717) is 13.0 Å². The van der Waals surface area contributed by atoms with Crippen molar-refractivity contribution in [2.75, 3.05) is 14.2 Å². The van der Waals surface area contributed by atoms with Gasteiger partial charge in [0.05, 0.1) is 19.1 Å². The van der Waals surface area contributed by atoms with Crippen molar-refractivity contribution in [3.05, 3.63) is 29.3 Å². The van der Waals surface area contributed by atoms with Gasteiger partial charge in [-0.1, -0.05) is 12.1 Å². The summed E-state index contributed by atoms with van der Waals surface area (Å²) in [7, 11) is 3.22. The number of hydrogen-bond donors (Lipinski definition) is 1. The number of methoxy groups -OCH3 is 2. The highest BCUT2D eigenvalue weighted by molar-refractivity contribution is 5.74. The average molecular weight is 252 g/mol. The lowest BCUT2D eigenvalue weighted by Crippen LogP contribution is -2.26. The van der Waals surface area contributed by atoms with Gasteiger partial charge in [0.2, 0.25) is 0 Å². The lowest BCUT2D eigenvalue weighted by Gasteiger charge is -2.19. The first-order chi connectivity index (χ1) is 8.40. The Hall–Kier alpha value is -1.55. The molecule has 0 radical (unpaired) electrons. The highest BCUT2D eigenvalue weighted by Crippen LogP contribution is 2.27. The molecule has 18 heavy (non-hydrogen) atoms. The molecule has 0 aliphatic carbocycles. The highest BCUT2D eigenvalue weighted by Gasteiger charge is 2.27. The van der Waals surface area contributed by atoms with Gasteiger partial charge in [-0.15, -0.1) is 0 Å². The van der Waals surface area contributed by atoms with Gasteiger partial charge in [-0.3, -0.25) is 4.79 Å². The Morgan fingerprint density at radius 2 is 2.00 bits per heavy atom. The van der Waals surface area contributed by atoms with Crippen LogP contribution in [0.15, 0.2) is 18.2 Å². The fourth-order valence-corrected chi connectivity index (χ4v) is 1.76. The minimum absolute atomic E-state index is 0.464. The van der Waals surface area contributed by atoms with Crippen LogP contribution in [-0.2, 0) is 22.6 Å². The zero-order chi connectivity index (χ0) is 13.8. The largest absolute Gasteiger partial charge is 0.496 e. The lowest BCUT2D eigenvalue weighted by atomic mass is 9.85. The number of rotatable bonds is 6. The second-order valence-corrected chi connectivity index (χ2v) is 4.95. The Morgan fingerprint density at radius 3 is 2.50 bits per heavy atom. The molecule has 0 aliphatic heterocycles. The topological polar surface area (TPSA) is 55.8 Å². The van der Waals surface area contributed by atoms with Crippen molar-refractivity contribution in [1.82, 2.24) is 0 Å². The van der Waals surface area contributed by atoms with Gasteiger partial charge in [0.25, 0.3) is 0 Å². The minimum atomic E-state index is -0.803. The molecule has 0 saturated carbocycles. The summed E-state index contributed by atoms with van der Waals surface area (Å²) in [5, 5.41) is 9.12. The monoisotopic (exact) mass is 252 g/mol. The van der Waals surface area contributed by atoms with Crippen molar-refractivity contribution < 1.29 is 19.4 Å². The van der Waals surface area contributed by atoms with Crippen molar-refractivity contribution in [1.29, 1.82) is 0 Å². The van der Waals surface area contributed by atoms with Crippen molar-refractivity contribution in [3.8, 4) is 5.75 Å². The fourth-order valence-electron chi connectivity index (χ4n) is 1.76. The lowest BCUT2D eigenvalue weighted by molar-refractivity contribution is -0.146. The molecule has 0 amide bonds. The van der Waals surface area contributed by atoms with Crippen molar-refractivity contribution in [3.63, 3.8) is 0 Å². The molecule has 0 fully saturated rings.